The Balaban J connectivity index is 0.00000480. The van der Waals surface area contributed by atoms with Crippen LogP contribution in [-0.2, 0) is 17.8 Å². The van der Waals surface area contributed by atoms with Gasteiger partial charge < -0.3 is 25.5 Å². The van der Waals surface area contributed by atoms with Crippen molar-refractivity contribution in [3.05, 3.63) is 76.6 Å². The summed E-state index contributed by atoms with van der Waals surface area (Å²) in [6.45, 7) is 9.13. The molecule has 0 amide bonds. The molecule has 8 heteroatoms. The minimum absolute atomic E-state index is 0. The molecule has 4 N–H and O–H groups in total. The molecule has 2 aromatic rings. The number of hydroxylamine groups is 2. The van der Waals surface area contributed by atoms with Gasteiger partial charge in [-0.1, -0.05) is 37.4 Å². The fourth-order valence-corrected chi connectivity index (χ4v) is 2.68. The average molecular weight is 428 g/mol. The van der Waals surface area contributed by atoms with Gasteiger partial charge in [0.05, 0.1) is 24.5 Å². The molecule has 0 fully saturated rings. The van der Waals surface area contributed by atoms with Gasteiger partial charge in [-0.2, -0.15) is 5.06 Å². The second kappa shape index (κ2) is 14.0. The smallest absolute Gasteiger partial charge is 0.138 e. The average Bonchev–Trinajstić information content (AvgIpc) is 3.04. The first kappa shape index (κ1) is 25.9. The first-order valence-electron chi connectivity index (χ1n) is 9.57. The lowest BCUT2D eigenvalue weighted by Gasteiger charge is -2.15. The van der Waals surface area contributed by atoms with Crippen molar-refractivity contribution < 1.29 is 14.5 Å². The van der Waals surface area contributed by atoms with Crippen molar-refractivity contribution in [3.63, 3.8) is 0 Å². The molecule has 0 spiro atoms. The Morgan fingerprint density at radius 1 is 1.45 bits per heavy atom. The molecule has 0 unspecified atom stereocenters. The van der Waals surface area contributed by atoms with Crippen LogP contribution in [0.1, 0.15) is 35.6 Å². The number of nitrogens with zero attached hydrogens (tertiary/aromatic N) is 3. The van der Waals surface area contributed by atoms with Gasteiger partial charge in [-0.25, -0.2) is 0 Å². The van der Waals surface area contributed by atoms with Crippen LogP contribution >= 0.6 is 0 Å². The van der Waals surface area contributed by atoms with Crippen LogP contribution < -0.4 is 11.1 Å². The molecule has 31 heavy (non-hydrogen) atoms. The summed E-state index contributed by atoms with van der Waals surface area (Å²) < 4.78 is 10.6. The predicted octanol–water partition coefficient (Wildman–Crippen LogP) is 3.55. The van der Waals surface area contributed by atoms with Gasteiger partial charge in [0.25, 0.3) is 0 Å². The van der Waals surface area contributed by atoms with Crippen LogP contribution in [0.4, 0.5) is 0 Å². The van der Waals surface area contributed by atoms with Gasteiger partial charge in [-0.3, -0.25) is 4.99 Å². The van der Waals surface area contributed by atoms with E-state index in [1.165, 1.54) is 11.3 Å². The minimum atomic E-state index is 0. The van der Waals surface area contributed by atoms with Crippen LogP contribution in [0.3, 0.4) is 0 Å². The normalized spacial score (nSPS) is 11.4. The molecule has 0 bridgehead atoms. The molecule has 8 nitrogen and oxygen atoms in total. The van der Waals surface area contributed by atoms with Crippen molar-refractivity contribution in [1.29, 1.82) is 0 Å². The van der Waals surface area contributed by atoms with Crippen LogP contribution in [0, 0.1) is 13.8 Å². The maximum atomic E-state index is 10.1. The van der Waals surface area contributed by atoms with Crippen molar-refractivity contribution in [2.24, 2.45) is 10.7 Å². The number of ether oxygens (including phenoxy) is 1. The number of hydrogen-bond donors (Lipinski definition) is 3. The summed E-state index contributed by atoms with van der Waals surface area (Å²) in [7, 11) is 0. The molecule has 1 aromatic carbocycles. The van der Waals surface area contributed by atoms with E-state index in [0.29, 0.717) is 31.9 Å². The van der Waals surface area contributed by atoms with E-state index in [2.05, 4.69) is 27.8 Å². The van der Waals surface area contributed by atoms with Gasteiger partial charge in [0.1, 0.15) is 12.5 Å². The van der Waals surface area contributed by atoms with Gasteiger partial charge in [0.15, 0.2) is 0 Å². The van der Waals surface area contributed by atoms with Crippen LogP contribution in [-0.4, -0.2) is 41.5 Å². The topological polar surface area (TPSA) is 109 Å². The quantitative estimate of drug-likeness (QED) is 0.156. The third kappa shape index (κ3) is 9.02. The third-order valence-corrected chi connectivity index (χ3v) is 4.30. The van der Waals surface area contributed by atoms with Crippen LogP contribution in [0.15, 0.2) is 58.0 Å². The number of benzene rings is 1. The van der Waals surface area contributed by atoms with E-state index in [4.69, 9.17) is 15.0 Å². The molecular formula is C23H33N5O3. The first-order chi connectivity index (χ1) is 14.5. The second-order valence-electron chi connectivity index (χ2n) is 6.61. The van der Waals surface area contributed by atoms with E-state index < -0.39 is 0 Å². The maximum Gasteiger partial charge on any atom is 0.138 e. The van der Waals surface area contributed by atoms with Crippen molar-refractivity contribution in [2.45, 2.75) is 34.4 Å². The molecule has 0 radical (unpaired) electrons. The fraction of sp³-hybridized carbons (Fsp3) is 0.348. The summed E-state index contributed by atoms with van der Waals surface area (Å²) in [5, 5.41) is 18.2. The Hall–Kier alpha value is -3.16. The van der Waals surface area contributed by atoms with E-state index in [1.54, 1.807) is 12.3 Å². The molecule has 0 saturated heterocycles. The lowest BCUT2D eigenvalue weighted by atomic mass is 10.1. The molecule has 0 aliphatic rings. The van der Waals surface area contributed by atoms with Gasteiger partial charge in [0, 0.05) is 31.1 Å². The van der Waals surface area contributed by atoms with E-state index >= 15 is 0 Å². The molecule has 2 rings (SSSR count). The zero-order valence-electron chi connectivity index (χ0n) is 17.5. The second-order valence-corrected chi connectivity index (χ2v) is 6.61. The zero-order chi connectivity index (χ0) is 21.8. The maximum absolute atomic E-state index is 10.1. The largest absolute Gasteiger partial charge is 0.403 e. The van der Waals surface area contributed by atoms with Gasteiger partial charge >= 0.3 is 0 Å². The van der Waals surface area contributed by atoms with Crippen molar-refractivity contribution >= 4 is 12.3 Å². The Morgan fingerprint density at radius 3 is 2.94 bits per heavy atom. The van der Waals surface area contributed by atoms with Gasteiger partial charge in [-0.05, 0) is 37.1 Å². The highest BCUT2D eigenvalue weighted by atomic mass is 16.5. The van der Waals surface area contributed by atoms with Crippen LogP contribution in [0.5, 0.6) is 0 Å². The van der Waals surface area contributed by atoms with Crippen molar-refractivity contribution in [3.8, 4) is 0 Å². The molecule has 0 saturated carbocycles. The molecule has 1 aromatic heterocycles. The molecule has 0 aliphatic carbocycles. The number of aliphatic imine (C=N–C) groups is 1. The molecule has 1 heterocycles. The van der Waals surface area contributed by atoms with Crippen LogP contribution in [0.2, 0.25) is 0 Å². The van der Waals surface area contributed by atoms with Crippen molar-refractivity contribution in [1.82, 2.24) is 15.5 Å². The highest BCUT2D eigenvalue weighted by Crippen LogP contribution is 2.13. The Labute approximate surface area is 184 Å². The highest BCUT2D eigenvalue weighted by molar-refractivity contribution is 5.77. The molecule has 0 aliphatic heterocycles. The summed E-state index contributed by atoms with van der Waals surface area (Å²) in [4.78, 5) is 4.35. The number of nitrogens with two attached hydrogens (primary N) is 1. The summed E-state index contributed by atoms with van der Waals surface area (Å²) in [6.07, 6.45) is 4.85. The fourth-order valence-electron chi connectivity index (χ4n) is 2.68. The minimum Gasteiger partial charge on any atom is -0.403 e. The zero-order valence-corrected chi connectivity index (χ0v) is 17.5. The number of aryl methyl sites for hydroxylation is 2. The summed E-state index contributed by atoms with van der Waals surface area (Å²) in [5.41, 5.74) is 12.8. The van der Waals surface area contributed by atoms with E-state index in [1.807, 2.05) is 38.1 Å². The SMILES string of the molecule is C.C=C=Cc1cccc(CN(O)CCOCN/C(C=NCc2c(C)noc2C)=C/N)c1. The number of hydrogen-bond acceptors (Lipinski definition) is 8. The Morgan fingerprint density at radius 2 is 2.26 bits per heavy atom. The van der Waals surface area contributed by atoms with Crippen LogP contribution in [0.25, 0.3) is 6.08 Å². The summed E-state index contributed by atoms with van der Waals surface area (Å²) in [6, 6.07) is 7.81. The van der Waals surface area contributed by atoms with E-state index in [0.717, 1.165) is 28.1 Å². The van der Waals surface area contributed by atoms with E-state index in [9.17, 15) is 5.21 Å². The number of aromatic nitrogens is 1. The van der Waals surface area contributed by atoms with Gasteiger partial charge in [0.2, 0.25) is 0 Å². The lowest BCUT2D eigenvalue weighted by molar-refractivity contribution is -0.112. The van der Waals surface area contributed by atoms with Gasteiger partial charge in [-0.15, -0.1) is 5.73 Å². The van der Waals surface area contributed by atoms with Crippen molar-refractivity contribution in [2.75, 3.05) is 19.9 Å². The standard InChI is InChI=1S/C22H29N5O3.CH4/c1-4-6-19-7-5-8-20(11-19)15-27(28)9-10-29-16-25-21(12-23)13-24-14-22-17(2)26-30-18(22)3;/h5-8,11-13,25,28H,1,9-10,14-16,23H2,2-3H3;1H4/b21-12+,24-13?;. The first-order valence-corrected chi connectivity index (χ1v) is 9.57. The number of nitrogens with one attached hydrogen (secondary N) is 1. The monoisotopic (exact) mass is 427 g/mol. The molecule has 168 valence electrons. The summed E-state index contributed by atoms with van der Waals surface area (Å²) in [5.74, 6) is 0.761. The number of allylic oxidation sites excluding steroid dienone is 1. The lowest BCUT2D eigenvalue weighted by Crippen LogP contribution is -2.26. The molecule has 0 atom stereocenters. The highest BCUT2D eigenvalue weighted by Gasteiger charge is 2.07. The summed E-state index contributed by atoms with van der Waals surface area (Å²) >= 11 is 0. The Kier molecular flexibility index (Phi) is 11.6. The molecular weight excluding hydrogens is 394 g/mol. The third-order valence-electron chi connectivity index (χ3n) is 4.30. The predicted molar refractivity (Wildman–Crippen MR) is 123 cm³/mol. The van der Waals surface area contributed by atoms with E-state index in [-0.39, 0.29) is 14.2 Å². The Bertz CT molecular complexity index is 894. The number of rotatable bonds is 12.